The molecule has 3 rings (SSSR count). The molecule has 3 amide bonds. The molecule has 0 bridgehead atoms. The summed E-state index contributed by atoms with van der Waals surface area (Å²) in [4.78, 5) is 60.5. The van der Waals surface area contributed by atoms with E-state index in [4.69, 9.17) is 10.2 Å². The number of hydrogen-bond donors (Lipinski definition) is 3. The van der Waals surface area contributed by atoms with Crippen LogP contribution in [-0.4, -0.2) is 50.6 Å². The van der Waals surface area contributed by atoms with Crippen molar-refractivity contribution in [2.24, 2.45) is 0 Å². The van der Waals surface area contributed by atoms with E-state index in [0.717, 1.165) is 34.2 Å². The molecule has 0 radical (unpaired) electrons. The second-order valence-electron chi connectivity index (χ2n) is 6.58. The van der Waals surface area contributed by atoms with E-state index < -0.39 is 35.5 Å². The number of amides is 3. The van der Waals surface area contributed by atoms with Gasteiger partial charge < -0.3 is 15.5 Å². The molecular formula is C21H16N2O7S. The summed E-state index contributed by atoms with van der Waals surface area (Å²) in [5, 5.41) is 19.9. The third-order valence-corrected chi connectivity index (χ3v) is 5.27. The van der Waals surface area contributed by atoms with E-state index in [1.165, 1.54) is 0 Å². The molecule has 0 aromatic heterocycles. The number of imide groups is 1. The van der Waals surface area contributed by atoms with E-state index in [1.807, 2.05) is 19.1 Å². The molecule has 2 aromatic rings. The van der Waals surface area contributed by atoms with Crippen molar-refractivity contribution in [3.8, 4) is 0 Å². The van der Waals surface area contributed by atoms with Gasteiger partial charge in [-0.05, 0) is 54.1 Å². The number of carboxylic acids is 2. The van der Waals surface area contributed by atoms with Gasteiger partial charge in [-0.15, -0.1) is 0 Å². The lowest BCUT2D eigenvalue weighted by Crippen LogP contribution is -2.36. The molecule has 9 nitrogen and oxygen atoms in total. The number of carbonyl (C=O) groups excluding carboxylic acids is 3. The maximum atomic E-state index is 12.6. The molecule has 1 saturated heterocycles. The summed E-state index contributed by atoms with van der Waals surface area (Å²) in [6, 6.07) is 10.4. The molecular weight excluding hydrogens is 424 g/mol. The SMILES string of the molecule is Cc1ccccc1/C=C1\SC(=O)N(CC(=O)Nc2cc(C(=O)O)cc(C(=O)O)c2)C1=O. The Morgan fingerprint density at radius 1 is 1.03 bits per heavy atom. The zero-order chi connectivity index (χ0) is 22.7. The van der Waals surface area contributed by atoms with Crippen LogP contribution in [0.2, 0.25) is 0 Å². The van der Waals surface area contributed by atoms with Gasteiger partial charge in [-0.3, -0.25) is 19.3 Å². The van der Waals surface area contributed by atoms with Crippen molar-refractivity contribution < 1.29 is 34.2 Å². The minimum absolute atomic E-state index is 0.0790. The standard InChI is InChI=1S/C21H16N2O7S/c1-11-4-2-3-5-12(11)9-16-18(25)23(21(30)31-16)10-17(24)22-15-7-13(19(26)27)6-14(8-15)20(28)29/h2-9H,10H2,1H3,(H,22,24)(H,26,27)(H,28,29)/b16-9-. The first-order chi connectivity index (χ1) is 14.7. The van der Waals surface area contributed by atoms with Crippen LogP contribution in [0, 0.1) is 6.92 Å². The Kier molecular flexibility index (Phi) is 6.21. The number of carboxylic acid groups (broad SMARTS) is 2. The molecule has 10 heteroatoms. The van der Waals surface area contributed by atoms with Crippen LogP contribution in [0.5, 0.6) is 0 Å². The molecule has 1 heterocycles. The van der Waals surface area contributed by atoms with Crippen molar-refractivity contribution in [1.29, 1.82) is 0 Å². The van der Waals surface area contributed by atoms with Gasteiger partial charge in [-0.2, -0.15) is 0 Å². The zero-order valence-corrected chi connectivity index (χ0v) is 16.9. The monoisotopic (exact) mass is 440 g/mol. The summed E-state index contributed by atoms with van der Waals surface area (Å²) in [6.07, 6.45) is 1.58. The topological polar surface area (TPSA) is 141 Å². The predicted octanol–water partition coefficient (Wildman–Crippen LogP) is 3.07. The van der Waals surface area contributed by atoms with E-state index in [-0.39, 0.29) is 21.7 Å². The summed E-state index contributed by atoms with van der Waals surface area (Å²) in [5.41, 5.74) is 0.943. The number of anilines is 1. The molecule has 3 N–H and O–H groups in total. The Morgan fingerprint density at radius 2 is 1.65 bits per heavy atom. The first-order valence-electron chi connectivity index (χ1n) is 8.88. The number of nitrogens with one attached hydrogen (secondary N) is 1. The van der Waals surface area contributed by atoms with Crippen molar-refractivity contribution in [1.82, 2.24) is 4.90 Å². The van der Waals surface area contributed by atoms with E-state index in [9.17, 15) is 24.0 Å². The van der Waals surface area contributed by atoms with Crippen molar-refractivity contribution in [3.63, 3.8) is 0 Å². The Morgan fingerprint density at radius 3 is 2.23 bits per heavy atom. The largest absolute Gasteiger partial charge is 0.478 e. The fourth-order valence-corrected chi connectivity index (χ4v) is 3.65. The van der Waals surface area contributed by atoms with E-state index in [0.29, 0.717) is 11.8 Å². The first kappa shape index (κ1) is 21.8. The number of benzene rings is 2. The molecule has 0 saturated carbocycles. The Balaban J connectivity index is 1.76. The quantitative estimate of drug-likeness (QED) is 0.582. The molecule has 0 spiro atoms. The number of carbonyl (C=O) groups is 5. The third-order valence-electron chi connectivity index (χ3n) is 4.36. The van der Waals surface area contributed by atoms with Crippen LogP contribution in [0.25, 0.3) is 6.08 Å². The number of aromatic carboxylic acids is 2. The van der Waals surface area contributed by atoms with Gasteiger partial charge in [0.2, 0.25) is 5.91 Å². The molecule has 0 atom stereocenters. The highest BCUT2D eigenvalue weighted by Gasteiger charge is 2.36. The van der Waals surface area contributed by atoms with Crippen LogP contribution in [-0.2, 0) is 9.59 Å². The third kappa shape index (κ3) is 4.98. The normalized spacial score (nSPS) is 14.7. The Hall–Kier alpha value is -3.92. The summed E-state index contributed by atoms with van der Waals surface area (Å²) in [5.74, 6) is -4.14. The van der Waals surface area contributed by atoms with Crippen molar-refractivity contribution in [2.75, 3.05) is 11.9 Å². The van der Waals surface area contributed by atoms with Crippen molar-refractivity contribution >= 4 is 52.5 Å². The molecule has 158 valence electrons. The van der Waals surface area contributed by atoms with Crippen LogP contribution < -0.4 is 5.32 Å². The van der Waals surface area contributed by atoms with Gasteiger partial charge in [-0.1, -0.05) is 24.3 Å². The zero-order valence-electron chi connectivity index (χ0n) is 16.1. The molecule has 1 aliphatic rings. The van der Waals surface area contributed by atoms with Crippen LogP contribution in [0.3, 0.4) is 0 Å². The average molecular weight is 440 g/mol. The summed E-state index contributed by atoms with van der Waals surface area (Å²) < 4.78 is 0. The smallest absolute Gasteiger partial charge is 0.335 e. The molecule has 1 fully saturated rings. The molecule has 0 aliphatic carbocycles. The lowest BCUT2D eigenvalue weighted by molar-refractivity contribution is -0.127. The summed E-state index contributed by atoms with van der Waals surface area (Å²) >= 11 is 0.709. The number of aryl methyl sites for hydroxylation is 1. The minimum Gasteiger partial charge on any atom is -0.478 e. The van der Waals surface area contributed by atoms with Gasteiger partial charge in [0.15, 0.2) is 0 Å². The van der Waals surface area contributed by atoms with Gasteiger partial charge in [0.05, 0.1) is 16.0 Å². The molecule has 31 heavy (non-hydrogen) atoms. The highest BCUT2D eigenvalue weighted by molar-refractivity contribution is 8.18. The molecule has 2 aromatic carbocycles. The van der Waals surface area contributed by atoms with Gasteiger partial charge in [0.1, 0.15) is 6.54 Å². The highest BCUT2D eigenvalue weighted by Crippen LogP contribution is 2.32. The maximum absolute atomic E-state index is 12.6. The van der Waals surface area contributed by atoms with E-state index in [2.05, 4.69) is 5.32 Å². The van der Waals surface area contributed by atoms with Crippen LogP contribution >= 0.6 is 11.8 Å². The van der Waals surface area contributed by atoms with E-state index in [1.54, 1.807) is 18.2 Å². The number of thioether (sulfide) groups is 1. The summed E-state index contributed by atoms with van der Waals surface area (Å²) in [6.45, 7) is 1.26. The van der Waals surface area contributed by atoms with Gasteiger partial charge in [0, 0.05) is 5.69 Å². The van der Waals surface area contributed by atoms with Gasteiger partial charge >= 0.3 is 11.9 Å². The maximum Gasteiger partial charge on any atom is 0.335 e. The minimum atomic E-state index is -1.37. The average Bonchev–Trinajstić information content (AvgIpc) is 2.96. The number of rotatable bonds is 6. The van der Waals surface area contributed by atoms with Crippen LogP contribution in [0.15, 0.2) is 47.4 Å². The number of hydrogen-bond acceptors (Lipinski definition) is 6. The van der Waals surface area contributed by atoms with E-state index >= 15 is 0 Å². The molecule has 0 unspecified atom stereocenters. The second kappa shape index (κ2) is 8.84. The van der Waals surface area contributed by atoms with Crippen molar-refractivity contribution in [3.05, 3.63) is 69.6 Å². The van der Waals surface area contributed by atoms with Crippen LogP contribution in [0.4, 0.5) is 10.5 Å². The van der Waals surface area contributed by atoms with Crippen molar-refractivity contribution in [2.45, 2.75) is 6.92 Å². The van der Waals surface area contributed by atoms with Gasteiger partial charge in [0.25, 0.3) is 11.1 Å². The van der Waals surface area contributed by atoms with Crippen LogP contribution in [0.1, 0.15) is 31.8 Å². The second-order valence-corrected chi connectivity index (χ2v) is 7.58. The lowest BCUT2D eigenvalue weighted by atomic mass is 10.1. The number of nitrogens with zero attached hydrogens (tertiary/aromatic N) is 1. The lowest BCUT2D eigenvalue weighted by Gasteiger charge is -2.13. The predicted molar refractivity (Wildman–Crippen MR) is 113 cm³/mol. The fourth-order valence-electron chi connectivity index (χ4n) is 2.82. The van der Waals surface area contributed by atoms with Gasteiger partial charge in [-0.25, -0.2) is 9.59 Å². The highest BCUT2D eigenvalue weighted by atomic mass is 32.2. The molecule has 1 aliphatic heterocycles. The fraction of sp³-hybridized carbons (Fsp3) is 0.0952. The Labute approximate surface area is 180 Å². The Bertz CT molecular complexity index is 1120. The first-order valence-corrected chi connectivity index (χ1v) is 9.70. The summed E-state index contributed by atoms with van der Waals surface area (Å²) in [7, 11) is 0.